The molecule has 0 unspecified atom stereocenters. The summed E-state index contributed by atoms with van der Waals surface area (Å²) in [5.41, 5.74) is 6.62. The Morgan fingerprint density at radius 1 is 1.19 bits per heavy atom. The molecule has 0 bridgehead atoms. The van der Waals surface area contributed by atoms with Gasteiger partial charge in [-0.05, 0) is 71.4 Å². The van der Waals surface area contributed by atoms with Crippen LogP contribution in [0.2, 0.25) is 0 Å². The lowest BCUT2D eigenvalue weighted by Gasteiger charge is -2.14. The van der Waals surface area contributed by atoms with E-state index in [4.69, 9.17) is 0 Å². The Balaban J connectivity index is 1.73. The fraction of sp³-hybridized carbons (Fsp3) is 0.429. The number of anilines is 1. The number of aryl methyl sites for hydroxylation is 3. The first-order chi connectivity index (χ1) is 12.3. The molecule has 3 rings (SSSR count). The molecule has 0 aliphatic carbocycles. The van der Waals surface area contributed by atoms with E-state index in [2.05, 4.69) is 54.8 Å². The van der Waals surface area contributed by atoms with Gasteiger partial charge in [-0.15, -0.1) is 0 Å². The van der Waals surface area contributed by atoms with Crippen molar-refractivity contribution in [3.63, 3.8) is 0 Å². The van der Waals surface area contributed by atoms with Gasteiger partial charge in [0.05, 0.1) is 11.7 Å². The molecule has 0 aliphatic rings. The molecule has 0 spiro atoms. The van der Waals surface area contributed by atoms with Crippen LogP contribution in [0.3, 0.4) is 0 Å². The minimum Gasteiger partial charge on any atom is -0.345 e. The summed E-state index contributed by atoms with van der Waals surface area (Å²) in [6.07, 6.45) is 0.397. The molecule has 0 radical (unpaired) electrons. The van der Waals surface area contributed by atoms with Gasteiger partial charge >= 0.3 is 0 Å². The quantitative estimate of drug-likeness (QED) is 0.725. The van der Waals surface area contributed by atoms with E-state index in [0.717, 1.165) is 29.0 Å². The minimum absolute atomic E-state index is 0.00806. The van der Waals surface area contributed by atoms with Crippen LogP contribution in [0.1, 0.15) is 49.0 Å². The maximum Gasteiger partial charge on any atom is 0.226 e. The van der Waals surface area contributed by atoms with E-state index in [1.807, 2.05) is 30.7 Å². The number of fused-ring (bicyclic) bond motifs is 1. The second kappa shape index (κ2) is 6.98. The number of aromatic nitrogens is 3. The monoisotopic (exact) mass is 352 g/mol. The summed E-state index contributed by atoms with van der Waals surface area (Å²) in [5, 5.41) is 8.76. The first-order valence-corrected chi connectivity index (χ1v) is 9.23. The number of nitrogens with one attached hydrogen (secondary N) is 1. The summed E-state index contributed by atoms with van der Waals surface area (Å²) < 4.78 is 4.23. The van der Waals surface area contributed by atoms with E-state index in [-0.39, 0.29) is 11.9 Å². The molecule has 2 heterocycles. The van der Waals surface area contributed by atoms with Gasteiger partial charge in [0, 0.05) is 40.9 Å². The van der Waals surface area contributed by atoms with E-state index in [9.17, 15) is 4.79 Å². The van der Waals surface area contributed by atoms with Crippen molar-refractivity contribution in [2.75, 3.05) is 5.32 Å². The normalized spacial score (nSPS) is 12.5. The molecule has 0 aliphatic heterocycles. The second-order valence-electron chi connectivity index (χ2n) is 7.15. The molecule has 2 aromatic heterocycles. The topological polar surface area (TPSA) is 51.9 Å². The smallest absolute Gasteiger partial charge is 0.226 e. The summed E-state index contributed by atoms with van der Waals surface area (Å²) in [7, 11) is 0. The lowest BCUT2D eigenvalue weighted by atomic mass is 10.2. The van der Waals surface area contributed by atoms with Crippen molar-refractivity contribution in [3.05, 3.63) is 46.9 Å². The number of amides is 1. The van der Waals surface area contributed by atoms with Crippen LogP contribution >= 0.6 is 0 Å². The molecule has 0 saturated carbocycles. The number of rotatable bonds is 5. The molecule has 1 aromatic carbocycles. The molecule has 1 atom stereocenters. The zero-order valence-corrected chi connectivity index (χ0v) is 16.6. The van der Waals surface area contributed by atoms with Gasteiger partial charge in [-0.1, -0.05) is 0 Å². The largest absolute Gasteiger partial charge is 0.345 e. The molecular formula is C21H28N4O. The van der Waals surface area contributed by atoms with Crippen LogP contribution in [0, 0.1) is 27.7 Å². The van der Waals surface area contributed by atoms with Crippen molar-refractivity contribution >= 4 is 22.5 Å². The maximum atomic E-state index is 12.5. The molecular weight excluding hydrogens is 324 g/mol. The van der Waals surface area contributed by atoms with Crippen LogP contribution in [-0.2, 0) is 11.3 Å². The van der Waals surface area contributed by atoms with Crippen molar-refractivity contribution in [1.29, 1.82) is 0 Å². The molecule has 1 amide bonds. The minimum atomic E-state index is 0.00806. The zero-order chi connectivity index (χ0) is 19.0. The van der Waals surface area contributed by atoms with E-state index in [0.29, 0.717) is 6.42 Å². The van der Waals surface area contributed by atoms with Crippen molar-refractivity contribution in [3.8, 4) is 0 Å². The number of nitrogens with zero attached hydrogens (tertiary/aromatic N) is 3. The highest BCUT2D eigenvalue weighted by molar-refractivity contribution is 5.94. The summed E-state index contributed by atoms with van der Waals surface area (Å²) in [6.45, 7) is 13.4. The number of hydrogen-bond donors (Lipinski definition) is 1. The van der Waals surface area contributed by atoms with Gasteiger partial charge in [0.2, 0.25) is 5.91 Å². The first-order valence-electron chi connectivity index (χ1n) is 9.23. The van der Waals surface area contributed by atoms with Crippen molar-refractivity contribution in [2.45, 2.75) is 60.5 Å². The van der Waals surface area contributed by atoms with Crippen LogP contribution in [-0.4, -0.2) is 20.3 Å². The highest BCUT2D eigenvalue weighted by atomic mass is 16.1. The number of carbonyl (C=O) groups excluding carboxylic acids is 1. The Morgan fingerprint density at radius 3 is 2.54 bits per heavy atom. The van der Waals surface area contributed by atoms with Crippen LogP contribution in [0.4, 0.5) is 5.69 Å². The molecule has 26 heavy (non-hydrogen) atoms. The van der Waals surface area contributed by atoms with Crippen LogP contribution < -0.4 is 5.32 Å². The molecule has 5 heteroatoms. The summed E-state index contributed by atoms with van der Waals surface area (Å²) in [6, 6.07) is 8.29. The second-order valence-corrected chi connectivity index (χ2v) is 7.15. The first kappa shape index (κ1) is 18.2. The Labute approximate surface area is 155 Å². The average Bonchev–Trinajstić information content (AvgIpc) is 3.04. The fourth-order valence-corrected chi connectivity index (χ4v) is 3.65. The standard InChI is InChI=1S/C21H28N4O/c1-7-24-13(2)10-18-12-19(8-9-20(18)24)22-21(26)11-14(3)25-17(6)15(4)16(5)23-25/h8-10,12,14H,7,11H2,1-6H3,(H,22,26)/t14-/m1/s1. The van der Waals surface area contributed by atoms with Crippen molar-refractivity contribution in [1.82, 2.24) is 14.3 Å². The van der Waals surface area contributed by atoms with E-state index in [1.54, 1.807) is 0 Å². The van der Waals surface area contributed by atoms with Gasteiger partial charge in [-0.2, -0.15) is 5.10 Å². The van der Waals surface area contributed by atoms with E-state index in [1.165, 1.54) is 16.8 Å². The molecule has 138 valence electrons. The summed E-state index contributed by atoms with van der Waals surface area (Å²) in [5.74, 6) is 0.00806. The van der Waals surface area contributed by atoms with Gasteiger partial charge in [0.25, 0.3) is 0 Å². The predicted octanol–water partition coefficient (Wildman–Crippen LogP) is 4.68. The van der Waals surface area contributed by atoms with Gasteiger partial charge in [0.15, 0.2) is 0 Å². The Kier molecular flexibility index (Phi) is 4.90. The van der Waals surface area contributed by atoms with Gasteiger partial charge in [-0.25, -0.2) is 0 Å². The SMILES string of the molecule is CCn1c(C)cc2cc(NC(=O)C[C@@H](C)n3nc(C)c(C)c3C)ccc21. The van der Waals surface area contributed by atoms with E-state index >= 15 is 0 Å². The van der Waals surface area contributed by atoms with Crippen LogP contribution in [0.5, 0.6) is 0 Å². The molecule has 0 saturated heterocycles. The van der Waals surface area contributed by atoms with Crippen LogP contribution in [0.25, 0.3) is 10.9 Å². The van der Waals surface area contributed by atoms with Gasteiger partial charge in [0.1, 0.15) is 0 Å². The van der Waals surface area contributed by atoms with Gasteiger partial charge in [-0.3, -0.25) is 9.48 Å². The highest BCUT2D eigenvalue weighted by Gasteiger charge is 2.16. The summed E-state index contributed by atoms with van der Waals surface area (Å²) in [4.78, 5) is 12.5. The highest BCUT2D eigenvalue weighted by Crippen LogP contribution is 2.24. The maximum absolute atomic E-state index is 12.5. The van der Waals surface area contributed by atoms with Crippen molar-refractivity contribution < 1.29 is 4.79 Å². The third kappa shape index (κ3) is 3.26. The Morgan fingerprint density at radius 2 is 1.92 bits per heavy atom. The fourth-order valence-electron chi connectivity index (χ4n) is 3.65. The molecule has 1 N–H and O–H groups in total. The van der Waals surface area contributed by atoms with E-state index < -0.39 is 0 Å². The number of hydrogen-bond acceptors (Lipinski definition) is 2. The predicted molar refractivity (Wildman–Crippen MR) is 107 cm³/mol. The Hall–Kier alpha value is -2.56. The summed E-state index contributed by atoms with van der Waals surface area (Å²) >= 11 is 0. The third-order valence-electron chi connectivity index (χ3n) is 5.29. The molecule has 3 aromatic rings. The number of benzene rings is 1. The van der Waals surface area contributed by atoms with Gasteiger partial charge < -0.3 is 9.88 Å². The van der Waals surface area contributed by atoms with Crippen LogP contribution in [0.15, 0.2) is 24.3 Å². The lowest BCUT2D eigenvalue weighted by molar-refractivity contribution is -0.116. The molecule has 5 nitrogen and oxygen atoms in total. The lowest BCUT2D eigenvalue weighted by Crippen LogP contribution is -2.19. The molecule has 0 fully saturated rings. The van der Waals surface area contributed by atoms with Crippen molar-refractivity contribution in [2.24, 2.45) is 0 Å². The zero-order valence-electron chi connectivity index (χ0n) is 16.6. The number of carbonyl (C=O) groups is 1. The average molecular weight is 352 g/mol. The Bertz CT molecular complexity index is 964. The third-order valence-corrected chi connectivity index (χ3v) is 5.29.